The molecule has 1 heterocycles. The van der Waals surface area contributed by atoms with Crippen LogP contribution in [0.3, 0.4) is 0 Å². The summed E-state index contributed by atoms with van der Waals surface area (Å²) in [5, 5.41) is 3.46. The number of nitrogens with one attached hydrogen (secondary N) is 1. The van der Waals surface area contributed by atoms with Gasteiger partial charge in [-0.2, -0.15) is 0 Å². The fourth-order valence-electron chi connectivity index (χ4n) is 4.36. The molecule has 3 rings (SSSR count). The molecule has 0 radical (unpaired) electrons. The first-order valence-corrected chi connectivity index (χ1v) is 11.3. The van der Waals surface area contributed by atoms with E-state index in [2.05, 4.69) is 10.3 Å². The number of nitrogens with zero attached hydrogens (tertiary/aromatic N) is 2. The van der Waals surface area contributed by atoms with Crippen LogP contribution in [0.2, 0.25) is 5.02 Å². The van der Waals surface area contributed by atoms with E-state index in [1.165, 1.54) is 11.8 Å². The second-order valence-corrected chi connectivity index (χ2v) is 10.5. The van der Waals surface area contributed by atoms with Crippen LogP contribution in [0, 0.1) is 5.92 Å². The molecular weight excluding hydrogens is 454 g/mol. The third kappa shape index (κ3) is 5.39. The maximum absolute atomic E-state index is 14.1. The molecule has 7 nitrogen and oxygen atoms in total. The van der Waals surface area contributed by atoms with Crippen molar-refractivity contribution in [3.63, 3.8) is 0 Å². The van der Waals surface area contributed by atoms with Gasteiger partial charge in [-0.1, -0.05) is 30.7 Å². The fourth-order valence-corrected chi connectivity index (χ4v) is 4.70. The molecule has 2 fully saturated rings. The van der Waals surface area contributed by atoms with Gasteiger partial charge in [-0.15, -0.1) is 4.99 Å². The zero-order chi connectivity index (χ0) is 24.8. The van der Waals surface area contributed by atoms with Gasteiger partial charge >= 0.3 is 6.09 Å². The molecule has 3 atom stereocenters. The highest BCUT2D eigenvalue weighted by Gasteiger charge is 2.49. The number of nitrogen functional groups attached to an aromatic ring is 1. The minimum Gasteiger partial charge on any atom is -0.442 e. The first-order valence-electron chi connectivity index (χ1n) is 11.0. The van der Waals surface area contributed by atoms with E-state index in [-0.39, 0.29) is 42.6 Å². The lowest BCUT2D eigenvalue weighted by molar-refractivity contribution is -0.137. The van der Waals surface area contributed by atoms with Gasteiger partial charge in [-0.05, 0) is 52.2 Å². The molecule has 1 aromatic carbocycles. The Morgan fingerprint density at radius 3 is 2.64 bits per heavy atom. The van der Waals surface area contributed by atoms with Crippen molar-refractivity contribution in [3.05, 3.63) is 28.8 Å². The molecule has 10 heteroatoms. The zero-order valence-corrected chi connectivity index (χ0v) is 20.3. The number of halogens is 3. The van der Waals surface area contributed by atoms with Crippen molar-refractivity contribution in [1.29, 1.82) is 0 Å². The largest absolute Gasteiger partial charge is 0.442 e. The van der Waals surface area contributed by atoms with Crippen LogP contribution in [-0.2, 0) is 15.1 Å². The summed E-state index contributed by atoms with van der Waals surface area (Å²) >= 11 is 6.44. The lowest BCUT2D eigenvalue weighted by Crippen LogP contribution is -2.63. The Morgan fingerprint density at radius 2 is 2.03 bits per heavy atom. The number of carbonyl (C=O) groups is 2. The van der Waals surface area contributed by atoms with E-state index in [1.54, 1.807) is 45.9 Å². The summed E-state index contributed by atoms with van der Waals surface area (Å²) in [5.41, 5.74) is 5.05. The van der Waals surface area contributed by atoms with Crippen molar-refractivity contribution >= 4 is 35.2 Å². The van der Waals surface area contributed by atoms with Gasteiger partial charge in [-0.3, -0.25) is 9.69 Å². The molecule has 0 aromatic heterocycles. The van der Waals surface area contributed by atoms with Crippen LogP contribution in [0.25, 0.3) is 0 Å². The van der Waals surface area contributed by atoms with Gasteiger partial charge in [0.1, 0.15) is 5.60 Å². The van der Waals surface area contributed by atoms with Crippen LogP contribution in [0.1, 0.15) is 65.9 Å². The molecule has 2 amide bonds. The fraction of sp³-hybridized carbons (Fsp3) is 0.609. The minimum absolute atomic E-state index is 0.0230. The van der Waals surface area contributed by atoms with Crippen molar-refractivity contribution in [2.45, 2.75) is 83.4 Å². The van der Waals surface area contributed by atoms with Gasteiger partial charge < -0.3 is 15.8 Å². The van der Waals surface area contributed by atoms with E-state index in [0.717, 1.165) is 0 Å². The lowest BCUT2D eigenvalue weighted by atomic mass is 9.81. The lowest BCUT2D eigenvalue weighted by Gasteiger charge is -2.47. The van der Waals surface area contributed by atoms with Crippen LogP contribution in [0.4, 0.5) is 19.3 Å². The number of amides is 2. The van der Waals surface area contributed by atoms with Crippen LogP contribution < -0.4 is 11.1 Å². The summed E-state index contributed by atoms with van der Waals surface area (Å²) in [5.74, 6) is -4.10. The van der Waals surface area contributed by atoms with Crippen LogP contribution in [0.15, 0.2) is 23.2 Å². The minimum atomic E-state index is -2.80. The number of hydrogen-bond acceptors (Lipinski definition) is 4. The highest BCUT2D eigenvalue weighted by Crippen LogP contribution is 2.42. The van der Waals surface area contributed by atoms with Crippen LogP contribution in [-0.4, -0.2) is 40.4 Å². The number of alkyl halides is 2. The Labute approximate surface area is 197 Å². The molecule has 0 spiro atoms. The topological polar surface area (TPSA) is 97.0 Å². The van der Waals surface area contributed by atoms with Crippen LogP contribution >= 0.6 is 11.6 Å². The summed E-state index contributed by atoms with van der Waals surface area (Å²) in [6, 6.07) is 4.58. The van der Waals surface area contributed by atoms with Gasteiger partial charge in [0, 0.05) is 18.4 Å². The van der Waals surface area contributed by atoms with Crippen LogP contribution in [0.5, 0.6) is 0 Å². The first-order chi connectivity index (χ1) is 15.1. The first kappa shape index (κ1) is 25.2. The molecule has 1 aromatic rings. The number of hydrogen-bond donors (Lipinski definition) is 2. The standard InChI is InChI=1S/C23H31ClF2N4O3/c1-13-11-14(9-10-23(13,25)26)30-17(31)12-22(5,15-7-6-8-16(27)18(15)24)29-19(30)28-20(32)33-21(2,3)4/h6-8,13-14H,9-12,27H2,1-5H3,(H,28,29,32)/t13?,14?,22-/m0/s1. The van der Waals surface area contributed by atoms with E-state index in [1.807, 2.05) is 0 Å². The maximum atomic E-state index is 14.1. The molecule has 1 aliphatic heterocycles. The summed E-state index contributed by atoms with van der Waals surface area (Å²) < 4.78 is 33.5. The predicted octanol–water partition coefficient (Wildman–Crippen LogP) is 5.07. The quantitative estimate of drug-likeness (QED) is 0.571. The number of aliphatic imine (C=N–C) groups is 1. The third-order valence-corrected chi connectivity index (χ3v) is 6.55. The highest BCUT2D eigenvalue weighted by molar-refractivity contribution is 6.34. The Hall–Kier alpha value is -2.42. The monoisotopic (exact) mass is 484 g/mol. The van der Waals surface area contributed by atoms with E-state index in [9.17, 15) is 18.4 Å². The highest BCUT2D eigenvalue weighted by atomic mass is 35.5. The van der Waals surface area contributed by atoms with Crippen molar-refractivity contribution in [3.8, 4) is 0 Å². The Bertz CT molecular complexity index is 979. The summed E-state index contributed by atoms with van der Waals surface area (Å²) in [6.45, 7) is 8.32. The van der Waals surface area contributed by atoms with Crippen molar-refractivity contribution in [2.24, 2.45) is 10.9 Å². The summed E-state index contributed by atoms with van der Waals surface area (Å²) in [6.07, 6.45) is -1.08. The Balaban J connectivity index is 2.01. The number of benzene rings is 1. The SMILES string of the molecule is CC1CC(N2C(=O)C[C@@](C)(c3cccc(N)c3Cl)N/C2=N\C(=O)OC(C)(C)C)CCC1(F)F. The van der Waals surface area contributed by atoms with Gasteiger partial charge in [-0.25, -0.2) is 13.6 Å². The number of carbonyl (C=O) groups excluding carboxylic acids is 2. The number of ether oxygens (including phenoxy) is 1. The summed E-state index contributed by atoms with van der Waals surface area (Å²) in [7, 11) is 0. The van der Waals surface area contributed by atoms with E-state index < -0.39 is 35.1 Å². The second kappa shape index (κ2) is 8.74. The van der Waals surface area contributed by atoms with Gasteiger partial charge in [0.2, 0.25) is 11.9 Å². The molecule has 2 aliphatic rings. The molecule has 182 valence electrons. The Kier molecular flexibility index (Phi) is 6.68. The number of rotatable bonds is 2. The smallest absolute Gasteiger partial charge is 0.437 e. The van der Waals surface area contributed by atoms with Crippen molar-refractivity contribution in [1.82, 2.24) is 10.2 Å². The van der Waals surface area contributed by atoms with Gasteiger partial charge in [0.15, 0.2) is 0 Å². The predicted molar refractivity (Wildman–Crippen MR) is 123 cm³/mol. The maximum Gasteiger partial charge on any atom is 0.437 e. The van der Waals surface area contributed by atoms with E-state index >= 15 is 0 Å². The number of guanidine groups is 1. The molecular formula is C23H31ClF2N4O3. The molecule has 0 bridgehead atoms. The molecule has 1 aliphatic carbocycles. The molecule has 1 saturated carbocycles. The van der Waals surface area contributed by atoms with Crippen molar-refractivity contribution < 1.29 is 23.1 Å². The number of anilines is 1. The molecule has 2 unspecified atom stereocenters. The van der Waals surface area contributed by atoms with Gasteiger partial charge in [0.25, 0.3) is 5.92 Å². The molecule has 3 N–H and O–H groups in total. The zero-order valence-electron chi connectivity index (χ0n) is 19.5. The van der Waals surface area contributed by atoms with E-state index in [0.29, 0.717) is 11.3 Å². The molecule has 1 saturated heterocycles. The second-order valence-electron chi connectivity index (χ2n) is 10.1. The third-order valence-electron chi connectivity index (χ3n) is 6.13. The van der Waals surface area contributed by atoms with Crippen molar-refractivity contribution in [2.75, 3.05) is 5.73 Å². The average Bonchev–Trinajstić information content (AvgIpc) is 2.64. The Morgan fingerprint density at radius 1 is 1.36 bits per heavy atom. The average molecular weight is 485 g/mol. The van der Waals surface area contributed by atoms with E-state index in [4.69, 9.17) is 22.1 Å². The molecule has 33 heavy (non-hydrogen) atoms. The van der Waals surface area contributed by atoms with Gasteiger partial charge in [0.05, 0.1) is 22.7 Å². The number of nitrogens with two attached hydrogens (primary N) is 1. The normalized spacial score (nSPS) is 29.0. The summed E-state index contributed by atoms with van der Waals surface area (Å²) in [4.78, 5) is 31.3.